The van der Waals surface area contributed by atoms with Crippen LogP contribution >= 0.6 is 0 Å². The summed E-state index contributed by atoms with van der Waals surface area (Å²) in [7, 11) is 0. The lowest BCUT2D eigenvalue weighted by molar-refractivity contribution is 0.122. The van der Waals surface area contributed by atoms with Crippen LogP contribution in [0.1, 0.15) is 50.3 Å². The van der Waals surface area contributed by atoms with Crippen molar-refractivity contribution in [3.8, 4) is 0 Å². The number of aryl methyl sites for hydroxylation is 1. The highest BCUT2D eigenvalue weighted by molar-refractivity contribution is 5.31. The van der Waals surface area contributed by atoms with Gasteiger partial charge in [0.05, 0.1) is 6.10 Å². The van der Waals surface area contributed by atoms with Crippen LogP contribution in [0.15, 0.2) is 18.2 Å². The highest BCUT2D eigenvalue weighted by Gasteiger charge is 2.19. The predicted molar refractivity (Wildman–Crippen MR) is 69.1 cm³/mol. The summed E-state index contributed by atoms with van der Waals surface area (Å²) in [5, 5.41) is 10.1. The lowest BCUT2D eigenvalue weighted by Crippen LogP contribution is -2.11. The van der Waals surface area contributed by atoms with Crippen LogP contribution < -0.4 is 0 Å². The summed E-state index contributed by atoms with van der Waals surface area (Å²) in [6, 6.07) is 5.05. The molecule has 1 aromatic rings. The largest absolute Gasteiger partial charge is 0.388 e. The Morgan fingerprint density at radius 2 is 2.00 bits per heavy atom. The van der Waals surface area contributed by atoms with Gasteiger partial charge in [-0.25, -0.2) is 4.39 Å². The summed E-state index contributed by atoms with van der Waals surface area (Å²) in [4.78, 5) is 0. The van der Waals surface area contributed by atoms with Gasteiger partial charge in [-0.15, -0.1) is 0 Å². The number of aliphatic hydroxyl groups excluding tert-OH is 1. The fourth-order valence-corrected chi connectivity index (χ4v) is 1.96. The molecule has 0 saturated heterocycles. The molecule has 1 aromatic carbocycles. The molecule has 2 heteroatoms. The van der Waals surface area contributed by atoms with E-state index in [2.05, 4.69) is 6.92 Å². The average molecular weight is 237 g/mol. The van der Waals surface area contributed by atoms with Crippen LogP contribution in [0.25, 0.3) is 0 Å². The minimum absolute atomic E-state index is 0.0264. The summed E-state index contributed by atoms with van der Waals surface area (Å²) in [5.41, 5.74) is 1.41. The average Bonchev–Trinajstić information content (AvgIpc) is 2.28. The van der Waals surface area contributed by atoms with Crippen molar-refractivity contribution in [2.75, 3.05) is 0 Å². The number of hydrogen-bond donors (Lipinski definition) is 1. The molecule has 0 aliphatic carbocycles. The Hall–Kier alpha value is -0.890. The highest BCUT2D eigenvalue weighted by Crippen LogP contribution is 2.28. The Morgan fingerprint density at radius 3 is 2.59 bits per heavy atom. The second-order valence-electron chi connectivity index (χ2n) is 4.81. The Kier molecular flexibility index (Phi) is 5.63. The van der Waals surface area contributed by atoms with Crippen LogP contribution in [0.3, 0.4) is 0 Å². The molecule has 0 saturated carbocycles. The van der Waals surface area contributed by atoms with Gasteiger partial charge in [0, 0.05) is 5.56 Å². The summed E-state index contributed by atoms with van der Waals surface area (Å²) >= 11 is 0. The number of hydrogen-bond acceptors (Lipinski definition) is 1. The van der Waals surface area contributed by atoms with Gasteiger partial charge in [0.15, 0.2) is 0 Å². The molecule has 1 atom stereocenters. The third-order valence-corrected chi connectivity index (χ3v) is 3.02. The number of benzene rings is 1. The standard InChI is InChI=1S/C15H22FO/c1-4-5-6-8-12-9-7-10-13(16)14(12)15(17)11(2)3/h7,9-11,15,17H,1,4-6,8H2,2-3H3. The normalized spacial score (nSPS) is 13.1. The molecular formula is C15H22FO. The molecule has 95 valence electrons. The fourth-order valence-electron chi connectivity index (χ4n) is 1.96. The molecule has 0 spiro atoms. The maximum absolute atomic E-state index is 13.8. The Labute approximate surface area is 104 Å². The first-order valence-electron chi connectivity index (χ1n) is 6.32. The van der Waals surface area contributed by atoms with Crippen LogP contribution in [0, 0.1) is 18.7 Å². The van der Waals surface area contributed by atoms with E-state index in [1.165, 1.54) is 6.07 Å². The van der Waals surface area contributed by atoms with Crippen molar-refractivity contribution in [2.45, 2.75) is 45.6 Å². The van der Waals surface area contributed by atoms with E-state index < -0.39 is 6.10 Å². The molecule has 0 aliphatic rings. The number of unbranched alkanes of at least 4 members (excludes halogenated alkanes) is 2. The highest BCUT2D eigenvalue weighted by atomic mass is 19.1. The van der Waals surface area contributed by atoms with Crippen LogP contribution in [0.4, 0.5) is 4.39 Å². The van der Waals surface area contributed by atoms with E-state index in [9.17, 15) is 9.50 Å². The monoisotopic (exact) mass is 237 g/mol. The predicted octanol–water partition coefficient (Wildman–Crippen LogP) is 4.06. The molecule has 0 heterocycles. The molecule has 1 unspecified atom stereocenters. The first-order chi connectivity index (χ1) is 8.07. The zero-order chi connectivity index (χ0) is 12.8. The summed E-state index contributed by atoms with van der Waals surface area (Å²) in [5.74, 6) is -0.267. The van der Waals surface area contributed by atoms with E-state index in [4.69, 9.17) is 0 Å². The number of halogens is 1. The van der Waals surface area contributed by atoms with E-state index in [0.717, 1.165) is 31.2 Å². The molecule has 0 aromatic heterocycles. The van der Waals surface area contributed by atoms with Gasteiger partial charge in [-0.3, -0.25) is 0 Å². The molecule has 0 amide bonds. The molecular weight excluding hydrogens is 215 g/mol. The van der Waals surface area contributed by atoms with Crippen molar-refractivity contribution >= 4 is 0 Å². The minimum atomic E-state index is -0.717. The first-order valence-corrected chi connectivity index (χ1v) is 6.32. The van der Waals surface area contributed by atoms with Crippen LogP contribution in [0.5, 0.6) is 0 Å². The Bertz CT molecular complexity index is 347. The van der Waals surface area contributed by atoms with Crippen molar-refractivity contribution in [1.29, 1.82) is 0 Å². The van der Waals surface area contributed by atoms with Crippen LogP contribution in [0.2, 0.25) is 0 Å². The van der Waals surface area contributed by atoms with Gasteiger partial charge in [0.1, 0.15) is 5.82 Å². The van der Waals surface area contributed by atoms with Gasteiger partial charge in [-0.05, 0) is 30.4 Å². The van der Waals surface area contributed by atoms with Gasteiger partial charge in [0.25, 0.3) is 0 Å². The van der Waals surface area contributed by atoms with Gasteiger partial charge in [-0.1, -0.05) is 45.7 Å². The van der Waals surface area contributed by atoms with Crippen molar-refractivity contribution in [1.82, 2.24) is 0 Å². The van der Waals surface area contributed by atoms with E-state index in [1.54, 1.807) is 6.07 Å². The van der Waals surface area contributed by atoms with Crippen LogP contribution in [-0.4, -0.2) is 5.11 Å². The number of aliphatic hydroxyl groups is 1. The topological polar surface area (TPSA) is 20.2 Å². The molecule has 0 aliphatic heterocycles. The lowest BCUT2D eigenvalue weighted by Gasteiger charge is -2.19. The third kappa shape index (κ3) is 3.81. The first kappa shape index (κ1) is 14.2. The van der Waals surface area contributed by atoms with Crippen molar-refractivity contribution in [2.24, 2.45) is 5.92 Å². The van der Waals surface area contributed by atoms with E-state index >= 15 is 0 Å². The Balaban J connectivity index is 2.91. The summed E-state index contributed by atoms with van der Waals surface area (Å²) in [6.45, 7) is 7.60. The zero-order valence-electron chi connectivity index (χ0n) is 10.7. The third-order valence-electron chi connectivity index (χ3n) is 3.02. The van der Waals surface area contributed by atoms with E-state index in [-0.39, 0.29) is 11.7 Å². The number of rotatable bonds is 6. The van der Waals surface area contributed by atoms with Crippen molar-refractivity contribution < 1.29 is 9.50 Å². The van der Waals surface area contributed by atoms with Crippen LogP contribution in [-0.2, 0) is 6.42 Å². The maximum Gasteiger partial charge on any atom is 0.129 e. The SMILES string of the molecule is [CH2]CCCCc1cccc(F)c1C(O)C(C)C. The van der Waals surface area contributed by atoms with Gasteiger partial charge in [-0.2, -0.15) is 0 Å². The maximum atomic E-state index is 13.8. The quantitative estimate of drug-likeness (QED) is 0.740. The van der Waals surface area contributed by atoms with E-state index in [0.29, 0.717) is 5.56 Å². The lowest BCUT2D eigenvalue weighted by atomic mass is 9.92. The van der Waals surface area contributed by atoms with E-state index in [1.807, 2.05) is 19.9 Å². The molecule has 1 N–H and O–H groups in total. The van der Waals surface area contributed by atoms with Gasteiger partial charge < -0.3 is 5.11 Å². The minimum Gasteiger partial charge on any atom is -0.388 e. The van der Waals surface area contributed by atoms with Crippen molar-refractivity contribution in [3.05, 3.63) is 42.1 Å². The zero-order valence-corrected chi connectivity index (χ0v) is 10.7. The summed E-state index contributed by atoms with van der Waals surface area (Å²) < 4.78 is 13.8. The second-order valence-corrected chi connectivity index (χ2v) is 4.81. The molecule has 1 nitrogen and oxygen atoms in total. The summed E-state index contributed by atoms with van der Waals surface area (Å²) in [6.07, 6.45) is 3.02. The second kappa shape index (κ2) is 6.75. The molecule has 1 rings (SSSR count). The Morgan fingerprint density at radius 1 is 1.29 bits per heavy atom. The van der Waals surface area contributed by atoms with Crippen molar-refractivity contribution in [3.63, 3.8) is 0 Å². The molecule has 0 fully saturated rings. The van der Waals surface area contributed by atoms with Gasteiger partial charge in [0.2, 0.25) is 0 Å². The molecule has 1 radical (unpaired) electrons. The smallest absolute Gasteiger partial charge is 0.129 e. The molecule has 17 heavy (non-hydrogen) atoms. The van der Waals surface area contributed by atoms with Gasteiger partial charge >= 0.3 is 0 Å². The fraction of sp³-hybridized carbons (Fsp3) is 0.533. The molecule has 0 bridgehead atoms.